The molecule has 0 saturated carbocycles. The number of halogens is 1. The zero-order valence-electron chi connectivity index (χ0n) is 11.4. The van der Waals surface area contributed by atoms with Crippen LogP contribution in [0.4, 0.5) is 0 Å². The van der Waals surface area contributed by atoms with Gasteiger partial charge in [0.1, 0.15) is 5.75 Å². The first-order chi connectivity index (χ1) is 8.90. The van der Waals surface area contributed by atoms with Gasteiger partial charge in [0.15, 0.2) is 0 Å². The minimum Gasteiger partial charge on any atom is -0.493 e. The summed E-state index contributed by atoms with van der Waals surface area (Å²) in [7, 11) is 0. The van der Waals surface area contributed by atoms with Crippen LogP contribution in [-0.2, 0) is 4.79 Å². The van der Waals surface area contributed by atoms with E-state index in [9.17, 15) is 4.79 Å². The molecule has 3 nitrogen and oxygen atoms in total. The van der Waals surface area contributed by atoms with Crippen molar-refractivity contribution in [3.63, 3.8) is 0 Å². The Hall–Kier alpha value is -1.29. The smallest absolute Gasteiger partial charge is 0.328 e. The van der Waals surface area contributed by atoms with Gasteiger partial charge in [0, 0.05) is 16.1 Å². The first kappa shape index (κ1) is 15.8. The maximum Gasteiger partial charge on any atom is 0.328 e. The number of aliphatic carboxylic acids is 1. The lowest BCUT2D eigenvalue weighted by atomic mass is 10.1. The minimum absolute atomic E-state index is 0.578. The van der Waals surface area contributed by atoms with Crippen LogP contribution in [-0.4, -0.2) is 17.7 Å². The maximum absolute atomic E-state index is 10.6. The Morgan fingerprint density at radius 3 is 2.74 bits per heavy atom. The van der Waals surface area contributed by atoms with Crippen LogP contribution in [0.5, 0.6) is 5.75 Å². The van der Waals surface area contributed by atoms with E-state index in [1.165, 1.54) is 0 Å². The lowest BCUT2D eigenvalue weighted by Gasteiger charge is -2.14. The monoisotopic (exact) mass is 326 g/mol. The van der Waals surface area contributed by atoms with Crippen LogP contribution in [0.25, 0.3) is 6.08 Å². The van der Waals surface area contributed by atoms with Crippen molar-refractivity contribution in [1.82, 2.24) is 0 Å². The number of carboxylic acids is 1. The van der Waals surface area contributed by atoms with Crippen LogP contribution in [0.1, 0.15) is 31.4 Å². The second-order valence-electron chi connectivity index (χ2n) is 4.84. The fraction of sp³-hybridized carbons (Fsp3) is 0.400. The van der Waals surface area contributed by atoms with E-state index < -0.39 is 5.97 Å². The van der Waals surface area contributed by atoms with Crippen molar-refractivity contribution >= 4 is 28.0 Å². The highest BCUT2D eigenvalue weighted by atomic mass is 79.9. The van der Waals surface area contributed by atoms with Crippen LogP contribution >= 0.6 is 15.9 Å². The van der Waals surface area contributed by atoms with E-state index in [1.54, 1.807) is 6.08 Å². The fourth-order valence-corrected chi connectivity index (χ4v) is 2.22. The number of aryl methyl sites for hydroxylation is 1. The summed E-state index contributed by atoms with van der Waals surface area (Å²) in [6, 6.07) is 3.82. The molecule has 104 valence electrons. The summed E-state index contributed by atoms with van der Waals surface area (Å²) in [5, 5.41) is 8.71. The van der Waals surface area contributed by atoms with Crippen molar-refractivity contribution in [2.75, 3.05) is 6.61 Å². The van der Waals surface area contributed by atoms with Crippen molar-refractivity contribution in [3.05, 3.63) is 33.8 Å². The van der Waals surface area contributed by atoms with E-state index in [1.807, 2.05) is 19.1 Å². The van der Waals surface area contributed by atoms with E-state index >= 15 is 0 Å². The molecule has 0 amide bonds. The summed E-state index contributed by atoms with van der Waals surface area (Å²) >= 11 is 3.41. The van der Waals surface area contributed by atoms with Crippen LogP contribution in [0.2, 0.25) is 0 Å². The molecule has 19 heavy (non-hydrogen) atoms. The Balaban J connectivity index is 2.96. The van der Waals surface area contributed by atoms with Gasteiger partial charge in [-0.3, -0.25) is 0 Å². The molecule has 0 heterocycles. The standard InChI is InChI=1S/C15H19BrO3/c1-10(2)6-7-19-15-11(3)8-13(16)9-12(15)4-5-14(17)18/h4-5,8-10H,6-7H2,1-3H3,(H,17,18)/b5-4+. The molecule has 0 atom stereocenters. The number of hydrogen-bond donors (Lipinski definition) is 1. The second kappa shape index (κ2) is 7.34. The molecule has 0 fully saturated rings. The van der Waals surface area contributed by atoms with Crippen molar-refractivity contribution in [3.8, 4) is 5.75 Å². The third-order valence-electron chi connectivity index (χ3n) is 2.62. The van der Waals surface area contributed by atoms with Gasteiger partial charge < -0.3 is 9.84 Å². The Labute approximate surface area is 122 Å². The zero-order valence-corrected chi connectivity index (χ0v) is 13.0. The summed E-state index contributed by atoms with van der Waals surface area (Å²) in [6.45, 7) is 6.87. The lowest BCUT2D eigenvalue weighted by Crippen LogP contribution is -2.04. The molecule has 0 spiro atoms. The molecule has 4 heteroatoms. The molecule has 0 aliphatic carbocycles. The van der Waals surface area contributed by atoms with Gasteiger partial charge in [0.25, 0.3) is 0 Å². The summed E-state index contributed by atoms with van der Waals surface area (Å²) in [5.41, 5.74) is 1.77. The van der Waals surface area contributed by atoms with Crippen LogP contribution in [0.3, 0.4) is 0 Å². The molecule has 0 radical (unpaired) electrons. The number of rotatable bonds is 6. The summed E-state index contributed by atoms with van der Waals surface area (Å²) in [4.78, 5) is 10.6. The third-order valence-corrected chi connectivity index (χ3v) is 3.07. The first-order valence-electron chi connectivity index (χ1n) is 6.24. The average molecular weight is 327 g/mol. The SMILES string of the molecule is Cc1cc(Br)cc(/C=C/C(=O)O)c1OCCC(C)C. The Bertz CT molecular complexity index is 479. The quantitative estimate of drug-likeness (QED) is 0.793. The molecular weight excluding hydrogens is 308 g/mol. The highest BCUT2D eigenvalue weighted by Gasteiger charge is 2.08. The predicted molar refractivity (Wildman–Crippen MR) is 80.5 cm³/mol. The van der Waals surface area contributed by atoms with E-state index in [2.05, 4.69) is 29.8 Å². The van der Waals surface area contributed by atoms with Crippen LogP contribution in [0.15, 0.2) is 22.7 Å². The number of carboxylic acid groups (broad SMARTS) is 1. The first-order valence-corrected chi connectivity index (χ1v) is 7.03. The number of ether oxygens (including phenoxy) is 1. The number of hydrogen-bond acceptors (Lipinski definition) is 2. The predicted octanol–water partition coefficient (Wildman–Crippen LogP) is 4.28. The molecule has 1 aromatic carbocycles. The molecule has 1 aromatic rings. The molecule has 1 rings (SSSR count). The normalized spacial score (nSPS) is 11.2. The molecule has 0 unspecified atom stereocenters. The fourth-order valence-electron chi connectivity index (χ4n) is 1.63. The van der Waals surface area contributed by atoms with Crippen LogP contribution < -0.4 is 4.74 Å². The van der Waals surface area contributed by atoms with E-state index in [0.29, 0.717) is 12.5 Å². The van der Waals surface area contributed by atoms with Gasteiger partial charge in [-0.05, 0) is 43.0 Å². The van der Waals surface area contributed by atoms with Crippen molar-refractivity contribution in [2.45, 2.75) is 27.2 Å². The van der Waals surface area contributed by atoms with Gasteiger partial charge in [-0.1, -0.05) is 29.8 Å². The number of carbonyl (C=O) groups is 1. The van der Waals surface area contributed by atoms with Gasteiger partial charge in [-0.15, -0.1) is 0 Å². The summed E-state index contributed by atoms with van der Waals surface area (Å²) in [6.07, 6.45) is 3.65. The topological polar surface area (TPSA) is 46.5 Å². The van der Waals surface area contributed by atoms with Gasteiger partial charge >= 0.3 is 5.97 Å². The second-order valence-corrected chi connectivity index (χ2v) is 5.76. The molecule has 1 N–H and O–H groups in total. The molecule has 0 aromatic heterocycles. The molecule has 0 aliphatic rings. The Morgan fingerprint density at radius 1 is 1.47 bits per heavy atom. The van der Waals surface area contributed by atoms with Crippen molar-refractivity contribution in [2.24, 2.45) is 5.92 Å². The average Bonchev–Trinajstić information content (AvgIpc) is 2.28. The van der Waals surface area contributed by atoms with Gasteiger partial charge in [0.2, 0.25) is 0 Å². The maximum atomic E-state index is 10.6. The highest BCUT2D eigenvalue weighted by Crippen LogP contribution is 2.29. The zero-order chi connectivity index (χ0) is 14.4. The van der Waals surface area contributed by atoms with Crippen molar-refractivity contribution < 1.29 is 14.6 Å². The minimum atomic E-state index is -0.967. The van der Waals surface area contributed by atoms with E-state index in [0.717, 1.165) is 33.8 Å². The lowest BCUT2D eigenvalue weighted by molar-refractivity contribution is -0.131. The van der Waals surface area contributed by atoms with Crippen LogP contribution in [0, 0.1) is 12.8 Å². The largest absolute Gasteiger partial charge is 0.493 e. The van der Waals surface area contributed by atoms with E-state index in [-0.39, 0.29) is 0 Å². The molecule has 0 aliphatic heterocycles. The molecule has 0 saturated heterocycles. The summed E-state index contributed by atoms with van der Waals surface area (Å²) < 4.78 is 6.71. The van der Waals surface area contributed by atoms with Crippen molar-refractivity contribution in [1.29, 1.82) is 0 Å². The third kappa shape index (κ3) is 5.47. The Kier molecular flexibility index (Phi) is 6.09. The number of benzene rings is 1. The molecular formula is C15H19BrO3. The molecule has 0 bridgehead atoms. The van der Waals surface area contributed by atoms with Gasteiger partial charge in [0.05, 0.1) is 6.61 Å². The summed E-state index contributed by atoms with van der Waals surface area (Å²) in [5.74, 6) is 0.362. The van der Waals surface area contributed by atoms with Gasteiger partial charge in [-0.2, -0.15) is 0 Å². The Morgan fingerprint density at radius 2 is 2.16 bits per heavy atom. The van der Waals surface area contributed by atoms with E-state index in [4.69, 9.17) is 9.84 Å². The van der Waals surface area contributed by atoms with Gasteiger partial charge in [-0.25, -0.2) is 4.79 Å². The highest BCUT2D eigenvalue weighted by molar-refractivity contribution is 9.10.